The largest absolute Gasteiger partial charge is 0.271 e. The van der Waals surface area contributed by atoms with Crippen molar-refractivity contribution in [1.29, 1.82) is 0 Å². The zero-order valence-electron chi connectivity index (χ0n) is 7.85. The van der Waals surface area contributed by atoms with Crippen LogP contribution in [0.15, 0.2) is 0 Å². The minimum atomic E-state index is 0.481. The molecule has 0 saturated heterocycles. The molecule has 1 aliphatic rings. The summed E-state index contributed by atoms with van der Waals surface area (Å²) in [7, 11) is 0. The number of hydrogen-bond acceptors (Lipinski definition) is 2. The molecular formula is C9H20N2. The van der Waals surface area contributed by atoms with Crippen LogP contribution < -0.4 is 11.3 Å². The fourth-order valence-corrected chi connectivity index (χ4v) is 2.47. The molecule has 0 aromatic rings. The maximum Gasteiger partial charge on any atom is 0.0218 e. The molecule has 2 atom stereocenters. The average molecular weight is 156 g/mol. The standard InChI is InChI=1S/C9H20N2/c1-7-4-8(11-10)6-9(2,3)5-7/h7-8,11H,4-6,10H2,1-3H3/t7-,8-/m0/s1. The summed E-state index contributed by atoms with van der Waals surface area (Å²) in [4.78, 5) is 0. The van der Waals surface area contributed by atoms with Gasteiger partial charge in [0, 0.05) is 6.04 Å². The van der Waals surface area contributed by atoms with E-state index in [1.807, 2.05) is 0 Å². The topological polar surface area (TPSA) is 38.0 Å². The number of rotatable bonds is 1. The van der Waals surface area contributed by atoms with Crippen LogP contribution in [0.1, 0.15) is 40.0 Å². The SMILES string of the molecule is C[C@H]1C[C@H](NN)CC(C)(C)C1. The Balaban J connectivity index is 2.51. The molecule has 0 aromatic carbocycles. The van der Waals surface area contributed by atoms with Gasteiger partial charge in [-0.05, 0) is 30.6 Å². The third-order valence-corrected chi connectivity index (χ3v) is 2.62. The second-order valence-electron chi connectivity index (χ2n) is 4.78. The number of nitrogens with one attached hydrogen (secondary N) is 1. The Kier molecular flexibility index (Phi) is 2.55. The second kappa shape index (κ2) is 3.11. The molecule has 11 heavy (non-hydrogen) atoms. The minimum Gasteiger partial charge on any atom is -0.271 e. The molecule has 1 aliphatic carbocycles. The van der Waals surface area contributed by atoms with E-state index in [0.29, 0.717) is 11.5 Å². The normalized spacial score (nSPS) is 37.1. The van der Waals surface area contributed by atoms with Gasteiger partial charge in [-0.15, -0.1) is 0 Å². The maximum atomic E-state index is 5.44. The van der Waals surface area contributed by atoms with E-state index < -0.39 is 0 Å². The minimum absolute atomic E-state index is 0.481. The van der Waals surface area contributed by atoms with E-state index in [2.05, 4.69) is 26.2 Å². The van der Waals surface area contributed by atoms with E-state index in [1.54, 1.807) is 0 Å². The first-order chi connectivity index (χ1) is 5.03. The Hall–Kier alpha value is -0.0800. The summed E-state index contributed by atoms with van der Waals surface area (Å²) in [5.41, 5.74) is 3.37. The van der Waals surface area contributed by atoms with Crippen LogP contribution in [0.3, 0.4) is 0 Å². The van der Waals surface area contributed by atoms with E-state index in [9.17, 15) is 0 Å². The van der Waals surface area contributed by atoms with Crippen LogP contribution in [0.25, 0.3) is 0 Å². The van der Waals surface area contributed by atoms with Crippen LogP contribution in [-0.4, -0.2) is 6.04 Å². The lowest BCUT2D eigenvalue weighted by Gasteiger charge is -2.38. The highest BCUT2D eigenvalue weighted by Crippen LogP contribution is 2.38. The summed E-state index contributed by atoms with van der Waals surface area (Å²) in [6, 6.07) is 0.536. The Morgan fingerprint density at radius 1 is 1.36 bits per heavy atom. The van der Waals surface area contributed by atoms with E-state index >= 15 is 0 Å². The molecule has 0 aromatic heterocycles. The summed E-state index contributed by atoms with van der Waals surface area (Å²) in [5.74, 6) is 6.26. The highest BCUT2D eigenvalue weighted by atomic mass is 15.2. The molecule has 0 radical (unpaired) electrons. The van der Waals surface area contributed by atoms with Crippen LogP contribution in [0.5, 0.6) is 0 Å². The summed E-state index contributed by atoms with van der Waals surface area (Å²) in [6.45, 7) is 6.96. The van der Waals surface area contributed by atoms with E-state index in [0.717, 1.165) is 5.92 Å². The van der Waals surface area contributed by atoms with Gasteiger partial charge in [-0.3, -0.25) is 11.3 Å². The molecule has 0 unspecified atom stereocenters. The molecule has 66 valence electrons. The quantitative estimate of drug-likeness (QED) is 0.447. The molecule has 0 bridgehead atoms. The van der Waals surface area contributed by atoms with Crippen molar-refractivity contribution in [1.82, 2.24) is 5.43 Å². The fraction of sp³-hybridized carbons (Fsp3) is 1.00. The third kappa shape index (κ3) is 2.46. The van der Waals surface area contributed by atoms with Gasteiger partial charge >= 0.3 is 0 Å². The number of hydrazine groups is 1. The Bertz CT molecular complexity index is 132. The van der Waals surface area contributed by atoms with Crippen molar-refractivity contribution in [2.75, 3.05) is 0 Å². The van der Waals surface area contributed by atoms with Crippen molar-refractivity contribution < 1.29 is 0 Å². The second-order valence-corrected chi connectivity index (χ2v) is 4.78. The van der Waals surface area contributed by atoms with E-state index in [1.165, 1.54) is 19.3 Å². The third-order valence-electron chi connectivity index (χ3n) is 2.62. The van der Waals surface area contributed by atoms with Crippen molar-refractivity contribution >= 4 is 0 Å². The van der Waals surface area contributed by atoms with Gasteiger partial charge in [0.25, 0.3) is 0 Å². The average Bonchev–Trinajstić information content (AvgIpc) is 1.83. The van der Waals surface area contributed by atoms with Crippen molar-refractivity contribution in [3.63, 3.8) is 0 Å². The summed E-state index contributed by atoms with van der Waals surface area (Å²) < 4.78 is 0. The van der Waals surface area contributed by atoms with Crippen LogP contribution in [-0.2, 0) is 0 Å². The molecule has 3 N–H and O–H groups in total. The smallest absolute Gasteiger partial charge is 0.0218 e. The van der Waals surface area contributed by atoms with Gasteiger partial charge in [0.1, 0.15) is 0 Å². The summed E-state index contributed by atoms with van der Waals surface area (Å²) >= 11 is 0. The van der Waals surface area contributed by atoms with Crippen molar-refractivity contribution in [2.24, 2.45) is 17.2 Å². The van der Waals surface area contributed by atoms with E-state index in [-0.39, 0.29) is 0 Å². The van der Waals surface area contributed by atoms with E-state index in [4.69, 9.17) is 5.84 Å². The number of nitrogens with two attached hydrogens (primary N) is 1. The molecule has 2 nitrogen and oxygen atoms in total. The zero-order valence-corrected chi connectivity index (χ0v) is 7.85. The fourth-order valence-electron chi connectivity index (χ4n) is 2.47. The molecule has 2 heteroatoms. The lowest BCUT2D eigenvalue weighted by Crippen LogP contribution is -2.43. The summed E-state index contributed by atoms with van der Waals surface area (Å²) in [6.07, 6.45) is 3.79. The Morgan fingerprint density at radius 2 is 2.00 bits per heavy atom. The predicted octanol–water partition coefficient (Wildman–Crippen LogP) is 1.66. The van der Waals surface area contributed by atoms with Crippen LogP contribution in [0.4, 0.5) is 0 Å². The molecule has 0 aliphatic heterocycles. The molecule has 0 spiro atoms. The van der Waals surface area contributed by atoms with Crippen LogP contribution in [0, 0.1) is 11.3 Å². The van der Waals surface area contributed by atoms with Crippen LogP contribution in [0.2, 0.25) is 0 Å². The lowest BCUT2D eigenvalue weighted by molar-refractivity contribution is 0.152. The monoisotopic (exact) mass is 156 g/mol. The first-order valence-corrected chi connectivity index (χ1v) is 4.49. The van der Waals surface area contributed by atoms with Gasteiger partial charge in [0.2, 0.25) is 0 Å². The van der Waals surface area contributed by atoms with Crippen molar-refractivity contribution in [2.45, 2.75) is 46.1 Å². The molecule has 0 amide bonds. The van der Waals surface area contributed by atoms with Gasteiger partial charge < -0.3 is 0 Å². The van der Waals surface area contributed by atoms with Gasteiger partial charge in [-0.25, -0.2) is 0 Å². The van der Waals surface area contributed by atoms with Gasteiger partial charge in [0.05, 0.1) is 0 Å². The molecule has 1 saturated carbocycles. The van der Waals surface area contributed by atoms with Crippen molar-refractivity contribution in [3.05, 3.63) is 0 Å². The predicted molar refractivity (Wildman–Crippen MR) is 47.9 cm³/mol. The lowest BCUT2D eigenvalue weighted by atomic mass is 9.71. The molecule has 0 heterocycles. The summed E-state index contributed by atoms with van der Waals surface area (Å²) in [5, 5.41) is 0. The molecule has 1 rings (SSSR count). The number of hydrogen-bond donors (Lipinski definition) is 2. The maximum absolute atomic E-state index is 5.44. The first kappa shape index (κ1) is 9.01. The van der Waals surface area contributed by atoms with Gasteiger partial charge in [0.15, 0.2) is 0 Å². The van der Waals surface area contributed by atoms with Gasteiger partial charge in [-0.2, -0.15) is 0 Å². The Labute approximate surface area is 69.5 Å². The highest BCUT2D eigenvalue weighted by Gasteiger charge is 2.31. The zero-order chi connectivity index (χ0) is 8.48. The van der Waals surface area contributed by atoms with Crippen LogP contribution >= 0.6 is 0 Å². The molecule has 1 fully saturated rings. The van der Waals surface area contributed by atoms with Crippen molar-refractivity contribution in [3.8, 4) is 0 Å². The molecular weight excluding hydrogens is 136 g/mol. The Morgan fingerprint density at radius 3 is 2.45 bits per heavy atom. The highest BCUT2D eigenvalue weighted by molar-refractivity contribution is 4.85. The van der Waals surface area contributed by atoms with Gasteiger partial charge in [-0.1, -0.05) is 20.8 Å². The first-order valence-electron chi connectivity index (χ1n) is 4.49.